The van der Waals surface area contributed by atoms with Crippen molar-refractivity contribution < 1.29 is 9.90 Å². The fourth-order valence-corrected chi connectivity index (χ4v) is 7.48. The quantitative estimate of drug-likeness (QED) is 0.730. The van der Waals surface area contributed by atoms with Crippen molar-refractivity contribution in [2.24, 2.45) is 28.6 Å². The predicted octanol–water partition coefficient (Wildman–Crippen LogP) is 5.05. The predicted molar refractivity (Wildman–Crippen MR) is 96.6 cm³/mol. The van der Waals surface area contributed by atoms with Crippen LogP contribution in [0.3, 0.4) is 0 Å². The van der Waals surface area contributed by atoms with Gasteiger partial charge in [-0.05, 0) is 92.4 Å². The molecular weight excluding hydrogens is 296 g/mol. The van der Waals surface area contributed by atoms with Gasteiger partial charge in [0, 0.05) is 6.42 Å². The molecule has 0 heterocycles. The zero-order valence-corrected chi connectivity index (χ0v) is 16.0. The highest BCUT2D eigenvalue weighted by molar-refractivity contribution is 5.97. The van der Waals surface area contributed by atoms with E-state index in [-0.39, 0.29) is 10.8 Å². The van der Waals surface area contributed by atoms with Gasteiger partial charge in [0.15, 0.2) is 5.78 Å². The van der Waals surface area contributed by atoms with E-state index < -0.39 is 5.60 Å². The van der Waals surface area contributed by atoms with Crippen LogP contribution in [0, 0.1) is 28.6 Å². The zero-order chi connectivity index (χ0) is 17.3. The van der Waals surface area contributed by atoms with E-state index in [0.717, 1.165) is 50.4 Å². The Morgan fingerprint density at radius 3 is 2.42 bits per heavy atom. The van der Waals surface area contributed by atoms with Crippen LogP contribution >= 0.6 is 0 Å². The minimum Gasteiger partial charge on any atom is -0.390 e. The van der Waals surface area contributed by atoms with E-state index in [4.69, 9.17) is 0 Å². The van der Waals surface area contributed by atoms with E-state index >= 15 is 0 Å². The van der Waals surface area contributed by atoms with Crippen LogP contribution in [0.5, 0.6) is 0 Å². The molecule has 0 aromatic heterocycles. The molecular formula is C22H34O2. The summed E-state index contributed by atoms with van der Waals surface area (Å²) in [7, 11) is 0. The summed E-state index contributed by atoms with van der Waals surface area (Å²) in [5.74, 6) is 2.57. The number of Topliss-reactive ketones (excluding diaryl/α,β-unsaturated/α-hetero) is 1. The van der Waals surface area contributed by atoms with Crippen LogP contribution in [0.25, 0.3) is 0 Å². The Kier molecular flexibility index (Phi) is 3.64. The van der Waals surface area contributed by atoms with E-state index in [1.807, 2.05) is 0 Å². The largest absolute Gasteiger partial charge is 0.390 e. The fraction of sp³-hybridized carbons (Fsp3) is 0.864. The molecule has 6 atom stereocenters. The topological polar surface area (TPSA) is 37.3 Å². The number of carbonyl (C=O) groups excluding carboxylic acids is 1. The molecule has 0 aliphatic heterocycles. The van der Waals surface area contributed by atoms with Crippen LogP contribution in [0.2, 0.25) is 0 Å². The van der Waals surface area contributed by atoms with Gasteiger partial charge in [-0.15, -0.1) is 0 Å². The summed E-state index contributed by atoms with van der Waals surface area (Å²) in [6.07, 6.45) is 9.65. The van der Waals surface area contributed by atoms with Crippen LogP contribution in [-0.4, -0.2) is 16.5 Å². The van der Waals surface area contributed by atoms with Gasteiger partial charge in [-0.1, -0.05) is 26.3 Å². The van der Waals surface area contributed by atoms with E-state index in [0.29, 0.717) is 11.7 Å². The minimum absolute atomic E-state index is 0.101. The Morgan fingerprint density at radius 1 is 1.00 bits per heavy atom. The summed E-state index contributed by atoms with van der Waals surface area (Å²) in [6, 6.07) is 0. The van der Waals surface area contributed by atoms with Crippen LogP contribution in [0.15, 0.2) is 11.1 Å². The molecule has 0 unspecified atom stereocenters. The third-order valence-electron chi connectivity index (χ3n) is 9.16. The van der Waals surface area contributed by atoms with E-state index in [2.05, 4.69) is 27.7 Å². The summed E-state index contributed by atoms with van der Waals surface area (Å²) < 4.78 is 0. The number of rotatable bonds is 1. The second-order valence-corrected chi connectivity index (χ2v) is 9.84. The lowest BCUT2D eigenvalue weighted by atomic mass is 9.46. The standard InChI is InChI=1S/C22H34O2/c1-5-14-16-7-6-15-17(20(16,2)11-10-19(14)23)8-12-21(3)18(15)9-13-22(21,4)24/h15,17-18,24H,5-13H2,1-4H3/t15-,17-,18+,20-,21+,22+/m1/s1. The maximum Gasteiger partial charge on any atom is 0.158 e. The third kappa shape index (κ3) is 1.95. The summed E-state index contributed by atoms with van der Waals surface area (Å²) >= 11 is 0. The zero-order valence-electron chi connectivity index (χ0n) is 16.0. The highest BCUT2D eigenvalue weighted by Gasteiger charge is 2.62. The lowest BCUT2D eigenvalue weighted by molar-refractivity contribution is -0.125. The van der Waals surface area contributed by atoms with Crippen LogP contribution in [0.1, 0.15) is 85.5 Å². The lowest BCUT2D eigenvalue weighted by Crippen LogP contribution is -2.54. The van der Waals surface area contributed by atoms with Crippen molar-refractivity contribution in [1.29, 1.82) is 0 Å². The Morgan fingerprint density at radius 2 is 1.71 bits per heavy atom. The summed E-state index contributed by atoms with van der Waals surface area (Å²) in [4.78, 5) is 12.4. The molecule has 3 fully saturated rings. The van der Waals surface area contributed by atoms with Gasteiger partial charge in [0.05, 0.1) is 5.60 Å². The molecule has 0 aromatic carbocycles. The van der Waals surface area contributed by atoms with Crippen molar-refractivity contribution in [2.75, 3.05) is 0 Å². The Hall–Kier alpha value is -0.630. The van der Waals surface area contributed by atoms with Crippen molar-refractivity contribution in [3.8, 4) is 0 Å². The van der Waals surface area contributed by atoms with Gasteiger partial charge in [-0.3, -0.25) is 4.79 Å². The van der Waals surface area contributed by atoms with Crippen LogP contribution in [-0.2, 0) is 4.79 Å². The van der Waals surface area contributed by atoms with Gasteiger partial charge in [-0.25, -0.2) is 0 Å². The molecule has 4 aliphatic rings. The first-order chi connectivity index (χ1) is 11.2. The van der Waals surface area contributed by atoms with Crippen LogP contribution < -0.4 is 0 Å². The minimum atomic E-state index is -0.489. The van der Waals surface area contributed by atoms with Gasteiger partial charge in [0.2, 0.25) is 0 Å². The number of ketones is 1. The molecule has 1 N–H and O–H groups in total. The molecule has 134 valence electrons. The lowest BCUT2D eigenvalue weighted by Gasteiger charge is -2.59. The molecule has 4 rings (SSSR count). The van der Waals surface area contributed by atoms with E-state index in [1.165, 1.54) is 30.4 Å². The molecule has 4 aliphatic carbocycles. The SMILES string of the molecule is CCC1=C2CC[C@@H]3[C@@H](CC[C@@]4(C)[C@H]3CC[C@]4(C)O)[C@]2(C)CCC1=O. The van der Waals surface area contributed by atoms with E-state index in [1.54, 1.807) is 0 Å². The monoisotopic (exact) mass is 330 g/mol. The molecule has 0 amide bonds. The molecule has 0 radical (unpaired) electrons. The number of carbonyl (C=O) groups is 1. The average Bonchev–Trinajstić information content (AvgIpc) is 2.78. The van der Waals surface area contributed by atoms with Gasteiger partial charge >= 0.3 is 0 Å². The van der Waals surface area contributed by atoms with Crippen molar-refractivity contribution in [2.45, 2.75) is 91.1 Å². The van der Waals surface area contributed by atoms with E-state index in [9.17, 15) is 9.90 Å². The van der Waals surface area contributed by atoms with Gasteiger partial charge in [0.1, 0.15) is 0 Å². The number of hydrogen-bond donors (Lipinski definition) is 1. The Balaban J connectivity index is 1.73. The molecule has 0 spiro atoms. The maximum atomic E-state index is 12.4. The van der Waals surface area contributed by atoms with Crippen LogP contribution in [0.4, 0.5) is 0 Å². The molecule has 2 heteroatoms. The highest BCUT2D eigenvalue weighted by Crippen LogP contribution is 2.67. The summed E-state index contributed by atoms with van der Waals surface area (Å²) in [5.41, 5.74) is 2.56. The van der Waals surface area contributed by atoms with Crippen molar-refractivity contribution >= 4 is 5.78 Å². The molecule has 2 nitrogen and oxygen atoms in total. The first-order valence-corrected chi connectivity index (χ1v) is 10.2. The number of fused-ring (bicyclic) bond motifs is 5. The van der Waals surface area contributed by atoms with Crippen molar-refractivity contribution in [1.82, 2.24) is 0 Å². The highest BCUT2D eigenvalue weighted by atomic mass is 16.3. The summed E-state index contributed by atoms with van der Waals surface area (Å²) in [5, 5.41) is 11.0. The first-order valence-electron chi connectivity index (χ1n) is 10.2. The number of hydrogen-bond acceptors (Lipinski definition) is 2. The molecule has 0 bridgehead atoms. The van der Waals surface area contributed by atoms with Gasteiger partial charge in [-0.2, -0.15) is 0 Å². The van der Waals surface area contributed by atoms with Crippen molar-refractivity contribution in [3.63, 3.8) is 0 Å². The maximum absolute atomic E-state index is 12.4. The normalized spacial score (nSPS) is 51.2. The molecule has 3 saturated carbocycles. The fourth-order valence-electron chi connectivity index (χ4n) is 7.48. The van der Waals surface area contributed by atoms with Gasteiger partial charge < -0.3 is 5.11 Å². The number of allylic oxidation sites excluding steroid dienone is 1. The van der Waals surface area contributed by atoms with Crippen molar-refractivity contribution in [3.05, 3.63) is 11.1 Å². The van der Waals surface area contributed by atoms with Gasteiger partial charge in [0.25, 0.3) is 0 Å². The Bertz CT molecular complexity index is 601. The molecule has 0 aromatic rings. The second kappa shape index (κ2) is 5.19. The molecule has 0 saturated heterocycles. The number of aliphatic hydroxyl groups is 1. The molecule has 24 heavy (non-hydrogen) atoms. The smallest absolute Gasteiger partial charge is 0.158 e. The first kappa shape index (κ1) is 16.8. The third-order valence-corrected chi connectivity index (χ3v) is 9.16. The average molecular weight is 331 g/mol. The second-order valence-electron chi connectivity index (χ2n) is 9.84. The Labute approximate surface area is 147 Å². The summed E-state index contributed by atoms with van der Waals surface area (Å²) in [6.45, 7) is 9.06.